The Morgan fingerprint density at radius 2 is 2.18 bits per heavy atom. The number of ether oxygens (including phenoxy) is 1. The average molecular weight is 257 g/mol. The first kappa shape index (κ1) is 13.3. The molecule has 1 rings (SSSR count). The maximum atomic E-state index is 11.3. The van der Waals surface area contributed by atoms with Gasteiger partial charge in [-0.05, 0) is 18.2 Å². The van der Waals surface area contributed by atoms with E-state index in [0.29, 0.717) is 22.8 Å². The van der Waals surface area contributed by atoms with Gasteiger partial charge < -0.3 is 15.8 Å². The number of halogens is 1. The van der Waals surface area contributed by atoms with E-state index < -0.39 is 11.9 Å². The molecule has 0 aliphatic carbocycles. The Hall–Kier alpha value is -1.75. The van der Waals surface area contributed by atoms with Crippen LogP contribution in [0.1, 0.15) is 16.8 Å². The van der Waals surface area contributed by atoms with Gasteiger partial charge in [0.1, 0.15) is 0 Å². The standard InChI is InChI=1S/C11H13ClN2O3/c1-17-11(16)7-2-3-8(12)9(6-7)14-5-4-10(13)15/h2-3,6,14H,4-5H2,1H3,(H2,13,15). The normalized spacial score (nSPS) is 9.76. The van der Waals surface area contributed by atoms with Gasteiger partial charge in [-0.25, -0.2) is 4.79 Å². The number of rotatable bonds is 5. The number of carbonyl (C=O) groups is 2. The largest absolute Gasteiger partial charge is 0.465 e. The summed E-state index contributed by atoms with van der Waals surface area (Å²) in [5.41, 5.74) is 5.96. The molecule has 0 saturated carbocycles. The number of primary amides is 1. The van der Waals surface area contributed by atoms with Crippen molar-refractivity contribution in [1.29, 1.82) is 0 Å². The molecule has 0 unspecified atom stereocenters. The van der Waals surface area contributed by atoms with Crippen LogP contribution < -0.4 is 11.1 Å². The second-order valence-corrected chi connectivity index (χ2v) is 3.74. The lowest BCUT2D eigenvalue weighted by Crippen LogP contribution is -2.16. The minimum atomic E-state index is -0.445. The summed E-state index contributed by atoms with van der Waals surface area (Å²) in [6.45, 7) is 0.361. The number of benzene rings is 1. The summed E-state index contributed by atoms with van der Waals surface area (Å²) in [7, 11) is 1.30. The topological polar surface area (TPSA) is 81.4 Å². The van der Waals surface area contributed by atoms with Crippen LogP contribution in [0.15, 0.2) is 18.2 Å². The predicted octanol–water partition coefficient (Wildman–Crippen LogP) is 1.41. The smallest absolute Gasteiger partial charge is 0.337 e. The summed E-state index contributed by atoms with van der Waals surface area (Å²) in [4.78, 5) is 21.9. The Morgan fingerprint density at radius 1 is 1.47 bits per heavy atom. The van der Waals surface area contributed by atoms with Crippen molar-refractivity contribution in [3.63, 3.8) is 0 Å². The third-order valence-corrected chi connectivity index (χ3v) is 2.40. The lowest BCUT2D eigenvalue weighted by atomic mass is 10.2. The molecule has 17 heavy (non-hydrogen) atoms. The number of anilines is 1. The molecule has 0 radical (unpaired) electrons. The van der Waals surface area contributed by atoms with Gasteiger partial charge in [-0.3, -0.25) is 4.79 Å². The molecule has 0 aliphatic heterocycles. The third-order valence-electron chi connectivity index (χ3n) is 2.07. The molecule has 6 heteroatoms. The van der Waals surface area contributed by atoms with Crippen LogP contribution in [0.25, 0.3) is 0 Å². The second-order valence-electron chi connectivity index (χ2n) is 3.33. The molecular formula is C11H13ClN2O3. The van der Waals surface area contributed by atoms with E-state index >= 15 is 0 Å². The van der Waals surface area contributed by atoms with E-state index in [0.717, 1.165) is 0 Å². The number of methoxy groups -OCH3 is 1. The Balaban J connectivity index is 2.76. The lowest BCUT2D eigenvalue weighted by molar-refractivity contribution is -0.117. The van der Waals surface area contributed by atoms with Gasteiger partial charge in [0.15, 0.2) is 0 Å². The van der Waals surface area contributed by atoms with E-state index in [1.807, 2.05) is 0 Å². The van der Waals surface area contributed by atoms with E-state index in [9.17, 15) is 9.59 Å². The minimum absolute atomic E-state index is 0.193. The molecule has 1 aromatic carbocycles. The molecule has 92 valence electrons. The third kappa shape index (κ3) is 3.96. The summed E-state index contributed by atoms with van der Waals surface area (Å²) in [5.74, 6) is -0.850. The van der Waals surface area contributed by atoms with E-state index in [1.54, 1.807) is 18.2 Å². The zero-order chi connectivity index (χ0) is 12.8. The number of nitrogens with two attached hydrogens (primary N) is 1. The van der Waals surface area contributed by atoms with Crippen LogP contribution in [0.3, 0.4) is 0 Å². The maximum Gasteiger partial charge on any atom is 0.337 e. The highest BCUT2D eigenvalue weighted by atomic mass is 35.5. The first-order valence-electron chi connectivity index (χ1n) is 4.94. The van der Waals surface area contributed by atoms with Crippen LogP contribution in [0.4, 0.5) is 5.69 Å². The molecule has 3 N–H and O–H groups in total. The van der Waals surface area contributed by atoms with Gasteiger partial charge in [0.2, 0.25) is 5.91 Å². The highest BCUT2D eigenvalue weighted by Crippen LogP contribution is 2.23. The zero-order valence-electron chi connectivity index (χ0n) is 9.33. The molecule has 0 atom stereocenters. The highest BCUT2D eigenvalue weighted by molar-refractivity contribution is 6.33. The van der Waals surface area contributed by atoms with Crippen LogP contribution >= 0.6 is 11.6 Å². The van der Waals surface area contributed by atoms with Crippen molar-refractivity contribution < 1.29 is 14.3 Å². The molecule has 0 aliphatic rings. The van der Waals surface area contributed by atoms with Gasteiger partial charge in [0, 0.05) is 13.0 Å². The van der Waals surface area contributed by atoms with Crippen LogP contribution in [0.2, 0.25) is 5.02 Å². The van der Waals surface area contributed by atoms with E-state index in [2.05, 4.69) is 10.1 Å². The SMILES string of the molecule is COC(=O)c1ccc(Cl)c(NCCC(N)=O)c1. The highest BCUT2D eigenvalue weighted by Gasteiger charge is 2.08. The van der Waals surface area contributed by atoms with Crippen LogP contribution in [-0.4, -0.2) is 25.5 Å². The number of hydrogen-bond acceptors (Lipinski definition) is 4. The van der Waals surface area contributed by atoms with Crippen molar-refractivity contribution >= 4 is 29.2 Å². The molecule has 0 bridgehead atoms. The van der Waals surface area contributed by atoms with Gasteiger partial charge in [-0.2, -0.15) is 0 Å². The molecule has 0 saturated heterocycles. The Kier molecular flexibility index (Phi) is 4.78. The van der Waals surface area contributed by atoms with Crippen molar-refractivity contribution in [2.24, 2.45) is 5.73 Å². The summed E-state index contributed by atoms with van der Waals surface area (Å²) in [6.07, 6.45) is 0.193. The van der Waals surface area contributed by atoms with Gasteiger partial charge in [-0.1, -0.05) is 11.6 Å². The molecular weight excluding hydrogens is 244 g/mol. The van der Waals surface area contributed by atoms with Gasteiger partial charge in [0.05, 0.1) is 23.4 Å². The van der Waals surface area contributed by atoms with Gasteiger partial charge in [0.25, 0.3) is 0 Å². The van der Waals surface area contributed by atoms with Crippen molar-refractivity contribution in [3.8, 4) is 0 Å². The number of amides is 1. The number of carbonyl (C=O) groups excluding carboxylic acids is 2. The van der Waals surface area contributed by atoms with Crippen LogP contribution in [-0.2, 0) is 9.53 Å². The molecule has 1 amide bonds. The van der Waals surface area contributed by atoms with Crippen LogP contribution in [0.5, 0.6) is 0 Å². The zero-order valence-corrected chi connectivity index (χ0v) is 10.1. The summed E-state index contributed by atoms with van der Waals surface area (Å²) in [5, 5.41) is 3.38. The van der Waals surface area contributed by atoms with E-state index in [4.69, 9.17) is 17.3 Å². The first-order valence-corrected chi connectivity index (χ1v) is 5.32. The van der Waals surface area contributed by atoms with Crippen molar-refractivity contribution in [3.05, 3.63) is 28.8 Å². The number of nitrogens with one attached hydrogen (secondary N) is 1. The second kappa shape index (κ2) is 6.10. The lowest BCUT2D eigenvalue weighted by Gasteiger charge is -2.08. The fourth-order valence-corrected chi connectivity index (χ4v) is 1.41. The average Bonchev–Trinajstić information content (AvgIpc) is 2.30. The first-order chi connectivity index (χ1) is 8.04. The number of esters is 1. The molecule has 5 nitrogen and oxygen atoms in total. The van der Waals surface area contributed by atoms with Crippen molar-refractivity contribution in [2.75, 3.05) is 19.0 Å². The van der Waals surface area contributed by atoms with E-state index in [-0.39, 0.29) is 6.42 Å². The molecule has 0 spiro atoms. The van der Waals surface area contributed by atoms with Gasteiger partial charge >= 0.3 is 5.97 Å². The molecule has 0 fully saturated rings. The fourth-order valence-electron chi connectivity index (χ4n) is 1.23. The van der Waals surface area contributed by atoms with Gasteiger partial charge in [-0.15, -0.1) is 0 Å². The number of hydrogen-bond donors (Lipinski definition) is 2. The summed E-state index contributed by atoms with van der Waals surface area (Å²) in [6, 6.07) is 4.71. The maximum absolute atomic E-state index is 11.3. The predicted molar refractivity (Wildman–Crippen MR) is 65.1 cm³/mol. The monoisotopic (exact) mass is 256 g/mol. The van der Waals surface area contributed by atoms with E-state index in [1.165, 1.54) is 7.11 Å². The fraction of sp³-hybridized carbons (Fsp3) is 0.273. The molecule has 1 aromatic rings. The quantitative estimate of drug-likeness (QED) is 0.781. The Labute approximate surface area is 104 Å². The molecule has 0 aromatic heterocycles. The summed E-state index contributed by atoms with van der Waals surface area (Å²) < 4.78 is 4.59. The Morgan fingerprint density at radius 3 is 2.76 bits per heavy atom. The van der Waals surface area contributed by atoms with Crippen molar-refractivity contribution in [1.82, 2.24) is 0 Å². The Bertz CT molecular complexity index is 435. The molecule has 0 heterocycles. The summed E-state index contributed by atoms with van der Waals surface area (Å²) >= 11 is 5.93. The minimum Gasteiger partial charge on any atom is -0.465 e. The van der Waals surface area contributed by atoms with Crippen molar-refractivity contribution in [2.45, 2.75) is 6.42 Å². The van der Waals surface area contributed by atoms with Crippen LogP contribution in [0, 0.1) is 0 Å².